The minimum Gasteiger partial charge on any atom is -0.304 e. The van der Waals surface area contributed by atoms with Gasteiger partial charge in [0.25, 0.3) is 5.91 Å². The highest BCUT2D eigenvalue weighted by atomic mass is 35.5. The number of rotatable bonds is 4. The summed E-state index contributed by atoms with van der Waals surface area (Å²) in [5, 5.41) is 9.32. The molecule has 2 N–H and O–H groups in total. The molecule has 0 aliphatic rings. The number of hydrogen-bond donors (Lipinski definition) is 2. The Kier molecular flexibility index (Phi) is 3.83. The first-order valence-corrected chi connectivity index (χ1v) is 5.77. The second-order valence-corrected chi connectivity index (χ2v) is 3.92. The second-order valence-electron chi connectivity index (χ2n) is 3.54. The van der Waals surface area contributed by atoms with Gasteiger partial charge in [0.15, 0.2) is 0 Å². The number of halogens is 1. The molecule has 0 unspecified atom stereocenters. The zero-order valence-corrected chi connectivity index (χ0v) is 10.4. The van der Waals surface area contributed by atoms with Crippen LogP contribution in [0.4, 0.5) is 5.82 Å². The first-order chi connectivity index (χ1) is 8.69. The van der Waals surface area contributed by atoms with Gasteiger partial charge in [-0.2, -0.15) is 0 Å². The molecule has 18 heavy (non-hydrogen) atoms. The van der Waals surface area contributed by atoms with Crippen LogP contribution < -0.4 is 5.32 Å². The predicted molar refractivity (Wildman–Crippen MR) is 65.4 cm³/mol. The van der Waals surface area contributed by atoms with Crippen LogP contribution in [0.3, 0.4) is 0 Å². The number of H-pyrrole nitrogens is 1. The number of aryl methyl sites for hydroxylation is 1. The van der Waals surface area contributed by atoms with Crippen LogP contribution in [-0.4, -0.2) is 31.1 Å². The zero-order chi connectivity index (χ0) is 13.0. The van der Waals surface area contributed by atoms with Gasteiger partial charge in [-0.1, -0.05) is 18.5 Å². The Hall–Kier alpha value is -2.02. The minimum atomic E-state index is -0.441. The molecule has 2 rings (SSSR count). The quantitative estimate of drug-likeness (QED) is 0.817. The SMILES string of the molecule is CCCc1nc(C(=O)Nc2cc(Cl)ncn2)n[nH]1. The number of nitrogens with one attached hydrogen (secondary N) is 2. The number of nitrogens with zero attached hydrogens (tertiary/aromatic N) is 4. The van der Waals surface area contributed by atoms with Crippen molar-refractivity contribution in [2.75, 3.05) is 5.32 Å². The summed E-state index contributed by atoms with van der Waals surface area (Å²) in [6.07, 6.45) is 2.94. The molecular formula is C10H11ClN6O. The van der Waals surface area contributed by atoms with Crippen LogP contribution in [0.15, 0.2) is 12.4 Å². The summed E-state index contributed by atoms with van der Waals surface area (Å²) in [5.41, 5.74) is 0. The molecule has 0 spiro atoms. The van der Waals surface area contributed by atoms with Gasteiger partial charge >= 0.3 is 0 Å². The van der Waals surface area contributed by atoms with Crippen molar-refractivity contribution in [1.82, 2.24) is 25.1 Å². The lowest BCUT2D eigenvalue weighted by Gasteiger charge is -2.00. The lowest BCUT2D eigenvalue weighted by Crippen LogP contribution is -2.14. The molecule has 8 heteroatoms. The molecule has 1 amide bonds. The average molecular weight is 267 g/mol. The maximum atomic E-state index is 11.8. The molecule has 0 saturated heterocycles. The van der Waals surface area contributed by atoms with Gasteiger partial charge in [0, 0.05) is 12.5 Å². The lowest BCUT2D eigenvalue weighted by molar-refractivity contribution is 0.101. The molecule has 7 nitrogen and oxygen atoms in total. The number of anilines is 1. The summed E-state index contributed by atoms with van der Waals surface area (Å²) in [7, 11) is 0. The van der Waals surface area contributed by atoms with Crippen LogP contribution >= 0.6 is 11.6 Å². The van der Waals surface area contributed by atoms with E-state index in [1.165, 1.54) is 12.4 Å². The van der Waals surface area contributed by atoms with Gasteiger partial charge in [-0.3, -0.25) is 9.89 Å². The third-order valence-electron chi connectivity index (χ3n) is 2.10. The largest absolute Gasteiger partial charge is 0.304 e. The summed E-state index contributed by atoms with van der Waals surface area (Å²) in [6, 6.07) is 1.44. The van der Waals surface area contributed by atoms with Gasteiger partial charge in [-0.25, -0.2) is 15.0 Å². The van der Waals surface area contributed by atoms with Gasteiger partial charge in [0.2, 0.25) is 5.82 Å². The van der Waals surface area contributed by atoms with E-state index >= 15 is 0 Å². The van der Waals surface area contributed by atoms with Crippen molar-refractivity contribution in [1.29, 1.82) is 0 Å². The molecule has 2 aromatic heterocycles. The van der Waals surface area contributed by atoms with Crippen LogP contribution in [0.2, 0.25) is 5.15 Å². The van der Waals surface area contributed by atoms with Gasteiger partial charge < -0.3 is 5.32 Å². The number of aromatic amines is 1. The minimum absolute atomic E-state index is 0.0770. The molecule has 0 radical (unpaired) electrons. The van der Waals surface area contributed by atoms with Crippen LogP contribution in [-0.2, 0) is 6.42 Å². The first kappa shape index (κ1) is 12.4. The standard InChI is InChI=1S/C10H11ClN6O/c1-2-3-7-14-9(17-16-7)10(18)15-8-4-6(11)12-5-13-8/h4-5H,2-3H2,1H3,(H,14,16,17)(H,12,13,15,18). The van der Waals surface area contributed by atoms with Crippen molar-refractivity contribution >= 4 is 23.3 Å². The fourth-order valence-corrected chi connectivity index (χ4v) is 1.47. The van der Waals surface area contributed by atoms with E-state index < -0.39 is 5.91 Å². The van der Waals surface area contributed by atoms with Gasteiger partial charge in [-0.05, 0) is 6.42 Å². The molecule has 0 saturated carbocycles. The maximum Gasteiger partial charge on any atom is 0.296 e. The summed E-state index contributed by atoms with van der Waals surface area (Å²) in [4.78, 5) is 23.4. The molecule has 0 aliphatic heterocycles. The summed E-state index contributed by atoms with van der Waals surface area (Å²) in [6.45, 7) is 2.02. The van der Waals surface area contributed by atoms with Crippen molar-refractivity contribution in [3.63, 3.8) is 0 Å². The van der Waals surface area contributed by atoms with E-state index in [0.717, 1.165) is 12.8 Å². The van der Waals surface area contributed by atoms with Crippen molar-refractivity contribution in [2.24, 2.45) is 0 Å². The third kappa shape index (κ3) is 3.01. The second kappa shape index (κ2) is 5.54. The van der Waals surface area contributed by atoms with Gasteiger partial charge in [0.05, 0.1) is 0 Å². The molecule has 0 bridgehead atoms. The first-order valence-electron chi connectivity index (χ1n) is 5.39. The summed E-state index contributed by atoms with van der Waals surface area (Å²) >= 11 is 5.68. The highest BCUT2D eigenvalue weighted by molar-refractivity contribution is 6.29. The van der Waals surface area contributed by atoms with Crippen molar-refractivity contribution in [3.8, 4) is 0 Å². The van der Waals surface area contributed by atoms with Crippen LogP contribution in [0.25, 0.3) is 0 Å². The highest BCUT2D eigenvalue weighted by Gasteiger charge is 2.13. The van der Waals surface area contributed by atoms with Gasteiger partial charge in [-0.15, -0.1) is 5.10 Å². The molecule has 94 valence electrons. The number of hydrogen-bond acceptors (Lipinski definition) is 5. The molecule has 0 atom stereocenters. The van der Waals surface area contributed by atoms with Crippen molar-refractivity contribution < 1.29 is 4.79 Å². The van der Waals surface area contributed by atoms with E-state index in [2.05, 4.69) is 30.5 Å². The number of carbonyl (C=O) groups is 1. The molecule has 0 aromatic carbocycles. The molecule has 0 aliphatic carbocycles. The van der Waals surface area contributed by atoms with Gasteiger partial charge in [0.1, 0.15) is 23.1 Å². The van der Waals surface area contributed by atoms with E-state index in [-0.39, 0.29) is 11.0 Å². The summed E-state index contributed by atoms with van der Waals surface area (Å²) < 4.78 is 0. The topological polar surface area (TPSA) is 96.5 Å². The van der Waals surface area contributed by atoms with E-state index in [4.69, 9.17) is 11.6 Å². The number of carbonyl (C=O) groups excluding carboxylic acids is 1. The lowest BCUT2D eigenvalue weighted by atomic mass is 10.3. The average Bonchev–Trinajstić information content (AvgIpc) is 2.78. The Morgan fingerprint density at radius 1 is 1.50 bits per heavy atom. The Labute approximate surface area is 108 Å². The fourth-order valence-electron chi connectivity index (χ4n) is 1.32. The third-order valence-corrected chi connectivity index (χ3v) is 2.30. The fraction of sp³-hybridized carbons (Fsp3) is 0.300. The zero-order valence-electron chi connectivity index (χ0n) is 9.64. The van der Waals surface area contributed by atoms with E-state index in [1.807, 2.05) is 6.92 Å². The van der Waals surface area contributed by atoms with E-state index in [0.29, 0.717) is 11.6 Å². The normalized spacial score (nSPS) is 10.3. The van der Waals surface area contributed by atoms with Crippen LogP contribution in [0.5, 0.6) is 0 Å². The smallest absolute Gasteiger partial charge is 0.296 e. The molecule has 0 fully saturated rings. The molecule has 2 aromatic rings. The Morgan fingerprint density at radius 3 is 3.06 bits per heavy atom. The summed E-state index contributed by atoms with van der Waals surface area (Å²) in [5.74, 6) is 0.627. The number of aromatic nitrogens is 5. The van der Waals surface area contributed by atoms with Crippen molar-refractivity contribution in [2.45, 2.75) is 19.8 Å². The van der Waals surface area contributed by atoms with Crippen LogP contribution in [0, 0.1) is 0 Å². The van der Waals surface area contributed by atoms with E-state index in [9.17, 15) is 4.79 Å². The monoisotopic (exact) mass is 266 g/mol. The number of amides is 1. The Bertz CT molecular complexity index is 555. The van der Waals surface area contributed by atoms with Crippen LogP contribution in [0.1, 0.15) is 29.8 Å². The predicted octanol–water partition coefficient (Wildman–Crippen LogP) is 1.45. The molecule has 2 heterocycles. The van der Waals surface area contributed by atoms with Crippen molar-refractivity contribution in [3.05, 3.63) is 29.2 Å². The highest BCUT2D eigenvalue weighted by Crippen LogP contribution is 2.09. The molecular weight excluding hydrogens is 256 g/mol. The Morgan fingerprint density at radius 2 is 2.33 bits per heavy atom. The van der Waals surface area contributed by atoms with E-state index in [1.54, 1.807) is 0 Å². The maximum absolute atomic E-state index is 11.8. The Balaban J connectivity index is 2.07.